The number of carbonyl (C=O) groups is 1. The van der Waals surface area contributed by atoms with Crippen molar-refractivity contribution in [1.29, 1.82) is 0 Å². The lowest BCUT2D eigenvalue weighted by molar-refractivity contribution is -0.108. The zero-order valence-electron chi connectivity index (χ0n) is 6.95. The molecule has 0 bridgehead atoms. The van der Waals surface area contributed by atoms with Crippen molar-refractivity contribution in [1.82, 2.24) is 0 Å². The molecular formula is C6H12ClO4P. The van der Waals surface area contributed by atoms with Crippen LogP contribution in [0.1, 0.15) is 13.8 Å². The molecule has 0 aliphatic heterocycles. The van der Waals surface area contributed by atoms with Gasteiger partial charge in [0.15, 0.2) is 0 Å². The quantitative estimate of drug-likeness (QED) is 0.415. The van der Waals surface area contributed by atoms with Crippen LogP contribution in [0.5, 0.6) is 0 Å². The first-order valence-corrected chi connectivity index (χ1v) is 5.28. The largest absolute Gasteiger partial charge is 0.325 e. The Morgan fingerprint density at radius 2 is 1.75 bits per heavy atom. The fraction of sp³-hybridized carbons (Fsp3) is 0.500. The van der Waals surface area contributed by atoms with Gasteiger partial charge in [0, 0.05) is 11.7 Å². The van der Waals surface area contributed by atoms with Crippen LogP contribution in [-0.4, -0.2) is 21.2 Å². The van der Waals surface area contributed by atoms with Crippen LogP contribution >= 0.6 is 19.2 Å². The molecule has 12 heavy (non-hydrogen) atoms. The molecule has 0 aromatic rings. The summed E-state index contributed by atoms with van der Waals surface area (Å²) < 4.78 is 9.69. The van der Waals surface area contributed by atoms with Crippen LogP contribution in [0.25, 0.3) is 0 Å². The van der Waals surface area contributed by atoms with Crippen LogP contribution in [0, 0.1) is 0 Å². The Morgan fingerprint density at radius 3 is 1.75 bits per heavy atom. The Kier molecular flexibility index (Phi) is 7.64. The van der Waals surface area contributed by atoms with Crippen LogP contribution in [0.2, 0.25) is 0 Å². The summed E-state index contributed by atoms with van der Waals surface area (Å²) in [6.45, 7) is 6.28. The fourth-order valence-electron chi connectivity index (χ4n) is 0. The molecule has 4 nitrogen and oxygen atoms in total. The number of carbonyl (C=O) groups excluding carboxylic acids is 1. The van der Waals surface area contributed by atoms with Crippen molar-refractivity contribution in [2.24, 2.45) is 0 Å². The van der Waals surface area contributed by atoms with E-state index in [1.165, 1.54) is 6.92 Å². The molecule has 0 saturated carbocycles. The fourth-order valence-corrected chi connectivity index (χ4v) is 0. The van der Waals surface area contributed by atoms with E-state index in [-0.39, 0.29) is 6.16 Å². The minimum absolute atomic E-state index is 0.0625. The molecule has 0 aliphatic rings. The van der Waals surface area contributed by atoms with E-state index in [1.54, 1.807) is 6.92 Å². The molecule has 0 atom stereocenters. The van der Waals surface area contributed by atoms with Crippen molar-refractivity contribution in [3.63, 3.8) is 0 Å². The Labute approximate surface area is 76.4 Å². The summed E-state index contributed by atoms with van der Waals surface area (Å²) in [6, 6.07) is 0. The molecule has 72 valence electrons. The van der Waals surface area contributed by atoms with Crippen molar-refractivity contribution in [2.45, 2.75) is 13.8 Å². The summed E-state index contributed by atoms with van der Waals surface area (Å²) in [5.41, 5.74) is 0.386. The van der Waals surface area contributed by atoms with Gasteiger partial charge in [-0.15, -0.1) is 0 Å². The van der Waals surface area contributed by atoms with Crippen LogP contribution in [0.3, 0.4) is 0 Å². The van der Waals surface area contributed by atoms with Gasteiger partial charge in [-0.05, 0) is 18.5 Å². The highest BCUT2D eigenvalue weighted by molar-refractivity contribution is 7.51. The van der Waals surface area contributed by atoms with Crippen LogP contribution in [0.4, 0.5) is 0 Å². The standard InChI is InChI=1S/C4H5ClO.C2H7O3P/c1-3(2)4(5)6;1-2-6(3,4)5/h1H2,2H3;2H2,1H3,(H2,3,4,5). The predicted octanol–water partition coefficient (Wildman–Crippen LogP) is 1.51. The molecule has 0 aromatic carbocycles. The van der Waals surface area contributed by atoms with Crippen molar-refractivity contribution >= 4 is 24.4 Å². The molecule has 0 radical (unpaired) electrons. The van der Waals surface area contributed by atoms with Gasteiger partial charge in [0.2, 0.25) is 5.24 Å². The highest BCUT2D eigenvalue weighted by Gasteiger charge is 2.05. The maximum atomic E-state index is 9.81. The number of hydrogen-bond donors (Lipinski definition) is 2. The average Bonchev–Trinajstić information content (AvgIpc) is 1.87. The van der Waals surface area contributed by atoms with Crippen molar-refractivity contribution in [3.8, 4) is 0 Å². The molecule has 2 N–H and O–H groups in total. The van der Waals surface area contributed by atoms with E-state index >= 15 is 0 Å². The predicted molar refractivity (Wildman–Crippen MR) is 48.3 cm³/mol. The van der Waals surface area contributed by atoms with Crippen LogP contribution in [0.15, 0.2) is 12.2 Å². The molecule has 0 amide bonds. The van der Waals surface area contributed by atoms with E-state index in [0.717, 1.165) is 0 Å². The molecular weight excluding hydrogens is 202 g/mol. The average molecular weight is 215 g/mol. The second-order valence-corrected chi connectivity index (χ2v) is 4.34. The molecule has 6 heteroatoms. The highest BCUT2D eigenvalue weighted by Crippen LogP contribution is 2.32. The lowest BCUT2D eigenvalue weighted by Crippen LogP contribution is -1.81. The molecule has 0 unspecified atom stereocenters. The van der Waals surface area contributed by atoms with E-state index < -0.39 is 12.8 Å². The van der Waals surface area contributed by atoms with E-state index in [9.17, 15) is 9.36 Å². The zero-order chi connectivity index (χ0) is 10.4. The maximum absolute atomic E-state index is 9.81. The maximum Gasteiger partial charge on any atom is 0.325 e. The molecule has 0 spiro atoms. The Balaban J connectivity index is 0. The van der Waals surface area contributed by atoms with Crippen molar-refractivity contribution < 1.29 is 19.1 Å². The number of hydrogen-bond acceptors (Lipinski definition) is 2. The lowest BCUT2D eigenvalue weighted by Gasteiger charge is -1.92. The van der Waals surface area contributed by atoms with Crippen molar-refractivity contribution in [2.75, 3.05) is 6.16 Å². The minimum Gasteiger partial charge on any atom is -0.324 e. The number of halogens is 1. The first kappa shape index (κ1) is 14.4. The Hall–Kier alpha value is -0.150. The molecule has 0 aromatic heterocycles. The Bertz CT molecular complexity index is 196. The third-order valence-corrected chi connectivity index (χ3v) is 1.89. The van der Waals surface area contributed by atoms with E-state index in [2.05, 4.69) is 6.58 Å². The van der Waals surface area contributed by atoms with Crippen LogP contribution in [-0.2, 0) is 9.36 Å². The minimum atomic E-state index is -3.65. The van der Waals surface area contributed by atoms with Gasteiger partial charge in [-0.25, -0.2) is 0 Å². The van der Waals surface area contributed by atoms with Gasteiger partial charge in [0.1, 0.15) is 0 Å². The van der Waals surface area contributed by atoms with Gasteiger partial charge in [0.05, 0.1) is 0 Å². The van der Waals surface area contributed by atoms with Gasteiger partial charge in [0.25, 0.3) is 0 Å². The van der Waals surface area contributed by atoms with Crippen molar-refractivity contribution in [3.05, 3.63) is 12.2 Å². The second-order valence-electron chi connectivity index (χ2n) is 2.03. The zero-order valence-corrected chi connectivity index (χ0v) is 8.60. The third kappa shape index (κ3) is 16.4. The lowest BCUT2D eigenvalue weighted by atomic mass is 10.4. The van der Waals surface area contributed by atoms with Gasteiger partial charge < -0.3 is 9.79 Å². The monoisotopic (exact) mass is 214 g/mol. The molecule has 0 aliphatic carbocycles. The topological polar surface area (TPSA) is 74.6 Å². The summed E-state index contributed by atoms with van der Waals surface area (Å²) in [5, 5.41) is -0.463. The Morgan fingerprint density at radius 1 is 1.58 bits per heavy atom. The van der Waals surface area contributed by atoms with Gasteiger partial charge in [-0.2, -0.15) is 0 Å². The van der Waals surface area contributed by atoms with Gasteiger partial charge in [-0.1, -0.05) is 13.5 Å². The van der Waals surface area contributed by atoms with E-state index in [0.29, 0.717) is 5.57 Å². The summed E-state index contributed by atoms with van der Waals surface area (Å²) in [6.07, 6.45) is -0.0625. The number of rotatable bonds is 2. The smallest absolute Gasteiger partial charge is 0.324 e. The molecule has 0 fully saturated rings. The SMILES string of the molecule is C=C(C)C(=O)Cl.CCP(=O)(O)O. The summed E-state index contributed by atoms with van der Waals surface area (Å²) in [4.78, 5) is 25.7. The normalized spacial score (nSPS) is 9.75. The summed E-state index contributed by atoms with van der Waals surface area (Å²) in [5.74, 6) is 0. The van der Waals surface area contributed by atoms with Gasteiger partial charge in [-0.3, -0.25) is 9.36 Å². The first-order chi connectivity index (χ1) is 5.20. The second kappa shape index (κ2) is 6.38. The number of allylic oxidation sites excluding steroid dienone is 1. The molecule has 0 saturated heterocycles. The highest BCUT2D eigenvalue weighted by atomic mass is 35.5. The summed E-state index contributed by atoms with van der Waals surface area (Å²) in [7, 11) is -3.65. The van der Waals surface area contributed by atoms with E-state index in [4.69, 9.17) is 21.4 Å². The van der Waals surface area contributed by atoms with Gasteiger partial charge >= 0.3 is 7.60 Å². The van der Waals surface area contributed by atoms with Crippen LogP contribution < -0.4 is 0 Å². The molecule has 0 rings (SSSR count). The first-order valence-electron chi connectivity index (χ1n) is 3.10. The molecule has 0 heterocycles. The third-order valence-electron chi connectivity index (χ3n) is 0.747. The summed E-state index contributed by atoms with van der Waals surface area (Å²) >= 11 is 4.87. The van der Waals surface area contributed by atoms with E-state index in [1.807, 2.05) is 0 Å².